The molecule has 120 valence electrons. The van der Waals surface area contributed by atoms with Crippen molar-refractivity contribution in [2.75, 3.05) is 5.32 Å². The van der Waals surface area contributed by atoms with Crippen LogP contribution in [-0.4, -0.2) is 17.0 Å². The highest BCUT2D eigenvalue weighted by Crippen LogP contribution is 2.18. The fourth-order valence-electron chi connectivity index (χ4n) is 1.91. The fraction of sp³-hybridized carbons (Fsp3) is 0.222. The molecule has 23 heavy (non-hydrogen) atoms. The third kappa shape index (κ3) is 5.53. The van der Waals surface area contributed by atoms with E-state index < -0.39 is 0 Å². The van der Waals surface area contributed by atoms with Crippen molar-refractivity contribution in [1.29, 1.82) is 0 Å². The number of hydrogen-bond donors (Lipinski definition) is 1. The average Bonchev–Trinajstić information content (AvgIpc) is 2.49. The Balaban J connectivity index is 2.01. The predicted octanol–water partition coefficient (Wildman–Crippen LogP) is 4.59. The Bertz CT molecular complexity index is 727. The second-order valence-electron chi connectivity index (χ2n) is 5.38. The molecule has 1 heterocycles. The summed E-state index contributed by atoms with van der Waals surface area (Å²) >= 11 is 3.38. The third-order valence-electron chi connectivity index (χ3n) is 2.96. The van der Waals surface area contributed by atoms with Crippen LogP contribution in [0, 0.1) is 6.92 Å². The molecule has 0 fully saturated rings. The van der Waals surface area contributed by atoms with E-state index in [-0.39, 0.29) is 12.0 Å². The van der Waals surface area contributed by atoms with Gasteiger partial charge in [-0.15, -0.1) is 0 Å². The number of aromatic nitrogens is 1. The van der Waals surface area contributed by atoms with Crippen LogP contribution in [0.15, 0.2) is 47.1 Å². The molecular weight excluding hydrogens is 356 g/mol. The van der Waals surface area contributed by atoms with Gasteiger partial charge in [-0.05, 0) is 72.1 Å². The molecule has 0 bridgehead atoms. The standard InChI is InChI=1S/C18H19BrN2O2/c1-12(2)23-15-6-4-5-14(10-15)7-8-18(22)21-17-9-13(3)16(19)11-20-17/h4-12H,1-3H3,(H,20,21,22)/b8-7+. The molecule has 0 saturated carbocycles. The number of nitrogens with one attached hydrogen (secondary N) is 1. The number of rotatable bonds is 5. The molecule has 0 aliphatic heterocycles. The van der Waals surface area contributed by atoms with E-state index >= 15 is 0 Å². The Morgan fingerprint density at radius 3 is 2.83 bits per heavy atom. The number of carbonyl (C=O) groups excluding carboxylic acids is 1. The lowest BCUT2D eigenvalue weighted by molar-refractivity contribution is -0.111. The summed E-state index contributed by atoms with van der Waals surface area (Å²) in [6.07, 6.45) is 5.01. The highest BCUT2D eigenvalue weighted by Gasteiger charge is 2.02. The van der Waals surface area contributed by atoms with E-state index in [0.29, 0.717) is 5.82 Å². The molecule has 0 saturated heterocycles. The van der Waals surface area contributed by atoms with Gasteiger partial charge in [0.05, 0.1) is 6.10 Å². The minimum Gasteiger partial charge on any atom is -0.491 e. The first-order valence-corrected chi connectivity index (χ1v) is 8.11. The normalized spacial score (nSPS) is 11.0. The van der Waals surface area contributed by atoms with E-state index in [1.165, 1.54) is 6.08 Å². The van der Waals surface area contributed by atoms with E-state index in [0.717, 1.165) is 21.3 Å². The third-order valence-corrected chi connectivity index (χ3v) is 3.79. The summed E-state index contributed by atoms with van der Waals surface area (Å²) in [6.45, 7) is 5.89. The lowest BCUT2D eigenvalue weighted by Crippen LogP contribution is -2.09. The van der Waals surface area contributed by atoms with Gasteiger partial charge in [0.1, 0.15) is 11.6 Å². The van der Waals surface area contributed by atoms with Crippen molar-refractivity contribution in [3.8, 4) is 5.75 Å². The molecular formula is C18H19BrN2O2. The van der Waals surface area contributed by atoms with Crippen LogP contribution in [0.5, 0.6) is 5.75 Å². The van der Waals surface area contributed by atoms with Crippen LogP contribution in [0.1, 0.15) is 25.0 Å². The molecule has 0 atom stereocenters. The highest BCUT2D eigenvalue weighted by molar-refractivity contribution is 9.10. The summed E-state index contributed by atoms with van der Waals surface area (Å²) in [6, 6.07) is 9.42. The minimum absolute atomic E-state index is 0.115. The van der Waals surface area contributed by atoms with E-state index in [2.05, 4.69) is 26.2 Å². The van der Waals surface area contributed by atoms with Gasteiger partial charge in [0.2, 0.25) is 5.91 Å². The van der Waals surface area contributed by atoms with Crippen LogP contribution in [0.4, 0.5) is 5.82 Å². The molecule has 1 aromatic carbocycles. The number of aryl methyl sites for hydroxylation is 1. The molecule has 0 radical (unpaired) electrons. The summed E-state index contributed by atoms with van der Waals surface area (Å²) in [4.78, 5) is 16.1. The van der Waals surface area contributed by atoms with Gasteiger partial charge in [-0.25, -0.2) is 4.98 Å². The molecule has 0 spiro atoms. The van der Waals surface area contributed by atoms with E-state index in [4.69, 9.17) is 4.74 Å². The van der Waals surface area contributed by atoms with Crippen LogP contribution in [0.2, 0.25) is 0 Å². The predicted molar refractivity (Wildman–Crippen MR) is 96.5 cm³/mol. The number of carbonyl (C=O) groups is 1. The van der Waals surface area contributed by atoms with Crippen LogP contribution in [-0.2, 0) is 4.79 Å². The van der Waals surface area contributed by atoms with Gasteiger partial charge in [-0.3, -0.25) is 4.79 Å². The number of halogens is 1. The van der Waals surface area contributed by atoms with Crippen molar-refractivity contribution in [1.82, 2.24) is 4.98 Å². The molecule has 1 aromatic heterocycles. The summed E-state index contributed by atoms with van der Waals surface area (Å²) in [7, 11) is 0. The Labute approximate surface area is 144 Å². The second-order valence-corrected chi connectivity index (χ2v) is 6.23. The molecule has 0 aliphatic carbocycles. The number of nitrogens with zero attached hydrogens (tertiary/aromatic N) is 1. The number of pyridine rings is 1. The largest absolute Gasteiger partial charge is 0.491 e. The van der Waals surface area contributed by atoms with Gasteiger partial charge >= 0.3 is 0 Å². The number of amides is 1. The zero-order valence-corrected chi connectivity index (χ0v) is 14.9. The van der Waals surface area contributed by atoms with E-state index in [9.17, 15) is 4.79 Å². The van der Waals surface area contributed by atoms with Gasteiger partial charge in [0.15, 0.2) is 0 Å². The van der Waals surface area contributed by atoms with Crippen molar-refractivity contribution in [3.05, 3.63) is 58.2 Å². The van der Waals surface area contributed by atoms with Gasteiger partial charge in [-0.1, -0.05) is 12.1 Å². The summed E-state index contributed by atoms with van der Waals surface area (Å²) < 4.78 is 6.54. The van der Waals surface area contributed by atoms with Crippen molar-refractivity contribution in [3.63, 3.8) is 0 Å². The maximum absolute atomic E-state index is 12.0. The van der Waals surface area contributed by atoms with E-state index in [1.807, 2.05) is 51.1 Å². The zero-order valence-electron chi connectivity index (χ0n) is 13.3. The van der Waals surface area contributed by atoms with Gasteiger partial charge in [0.25, 0.3) is 0 Å². The Morgan fingerprint density at radius 1 is 1.35 bits per heavy atom. The molecule has 4 nitrogen and oxygen atoms in total. The quantitative estimate of drug-likeness (QED) is 0.778. The molecule has 0 unspecified atom stereocenters. The molecule has 5 heteroatoms. The fourth-order valence-corrected chi connectivity index (χ4v) is 2.13. The number of ether oxygens (including phenoxy) is 1. The number of hydrogen-bond acceptors (Lipinski definition) is 3. The van der Waals surface area contributed by atoms with E-state index in [1.54, 1.807) is 12.3 Å². The summed E-state index contributed by atoms with van der Waals surface area (Å²) in [5, 5.41) is 2.74. The van der Waals surface area contributed by atoms with Gasteiger partial charge in [-0.2, -0.15) is 0 Å². The van der Waals surface area contributed by atoms with Crippen molar-refractivity contribution in [2.45, 2.75) is 26.9 Å². The van der Waals surface area contributed by atoms with Gasteiger partial charge < -0.3 is 10.1 Å². The maximum atomic E-state index is 12.0. The van der Waals surface area contributed by atoms with Crippen LogP contribution < -0.4 is 10.1 Å². The van der Waals surface area contributed by atoms with Crippen LogP contribution >= 0.6 is 15.9 Å². The molecule has 0 aliphatic rings. The molecule has 2 aromatic rings. The first-order chi connectivity index (χ1) is 10.9. The van der Waals surface area contributed by atoms with Crippen molar-refractivity contribution < 1.29 is 9.53 Å². The average molecular weight is 375 g/mol. The van der Waals surface area contributed by atoms with Crippen molar-refractivity contribution in [2.24, 2.45) is 0 Å². The second kappa shape index (κ2) is 7.92. The SMILES string of the molecule is Cc1cc(NC(=O)/C=C/c2cccc(OC(C)C)c2)ncc1Br. The first kappa shape index (κ1) is 17.2. The topological polar surface area (TPSA) is 51.2 Å². The smallest absolute Gasteiger partial charge is 0.249 e. The Kier molecular flexibility index (Phi) is 5.93. The Hall–Kier alpha value is -2.14. The number of benzene rings is 1. The number of anilines is 1. The minimum atomic E-state index is -0.227. The maximum Gasteiger partial charge on any atom is 0.249 e. The summed E-state index contributed by atoms with van der Waals surface area (Å²) in [5.74, 6) is 1.08. The molecule has 1 amide bonds. The van der Waals surface area contributed by atoms with Crippen molar-refractivity contribution >= 4 is 33.7 Å². The van der Waals surface area contributed by atoms with Crippen LogP contribution in [0.25, 0.3) is 6.08 Å². The molecule has 1 N–H and O–H groups in total. The summed E-state index contributed by atoms with van der Waals surface area (Å²) in [5.41, 5.74) is 1.91. The zero-order chi connectivity index (χ0) is 16.8. The Morgan fingerprint density at radius 2 is 2.13 bits per heavy atom. The van der Waals surface area contributed by atoms with Gasteiger partial charge in [0, 0.05) is 16.7 Å². The molecule has 2 rings (SSSR count). The monoisotopic (exact) mass is 374 g/mol. The lowest BCUT2D eigenvalue weighted by Gasteiger charge is -2.09. The van der Waals surface area contributed by atoms with Crippen LogP contribution in [0.3, 0.4) is 0 Å². The first-order valence-electron chi connectivity index (χ1n) is 7.32. The highest BCUT2D eigenvalue weighted by atomic mass is 79.9. The lowest BCUT2D eigenvalue weighted by atomic mass is 10.2.